The summed E-state index contributed by atoms with van der Waals surface area (Å²) >= 11 is 1.53. The molecule has 6 nitrogen and oxygen atoms in total. The lowest BCUT2D eigenvalue weighted by atomic mass is 10.1. The van der Waals surface area contributed by atoms with Gasteiger partial charge in [-0.2, -0.15) is 0 Å². The molecular weight excluding hydrogens is 403 g/mol. The van der Waals surface area contributed by atoms with Crippen LogP contribution in [0.2, 0.25) is 0 Å². The summed E-state index contributed by atoms with van der Waals surface area (Å²) in [6, 6.07) is 13.9. The van der Waals surface area contributed by atoms with E-state index in [0.717, 1.165) is 42.7 Å². The van der Waals surface area contributed by atoms with Crippen LogP contribution in [0.4, 0.5) is 4.39 Å². The zero-order valence-corrected chi connectivity index (χ0v) is 17.6. The third-order valence-electron chi connectivity index (χ3n) is 5.02. The van der Waals surface area contributed by atoms with Gasteiger partial charge in [0.25, 0.3) is 5.91 Å². The van der Waals surface area contributed by atoms with Gasteiger partial charge in [0.15, 0.2) is 11.0 Å². The maximum atomic E-state index is 13.3. The van der Waals surface area contributed by atoms with Crippen LogP contribution in [0.25, 0.3) is 5.69 Å². The number of rotatable bonds is 7. The Balaban J connectivity index is 1.48. The van der Waals surface area contributed by atoms with E-state index < -0.39 is 0 Å². The van der Waals surface area contributed by atoms with E-state index in [1.54, 1.807) is 19.2 Å². The Labute approximate surface area is 179 Å². The minimum Gasteiger partial charge on any atom is -0.377 e. The first kappa shape index (κ1) is 20.6. The number of halogens is 1. The molecule has 30 heavy (non-hydrogen) atoms. The van der Waals surface area contributed by atoms with Crippen LogP contribution in [0.5, 0.6) is 0 Å². The second-order valence-corrected chi connectivity index (χ2v) is 8.07. The molecule has 0 bridgehead atoms. The molecule has 1 aliphatic heterocycles. The summed E-state index contributed by atoms with van der Waals surface area (Å²) in [4.78, 5) is 14.4. The van der Waals surface area contributed by atoms with Gasteiger partial charge in [0.1, 0.15) is 12.4 Å². The average Bonchev–Trinajstić information content (AvgIpc) is 3.44. The predicted octanol–water partition coefficient (Wildman–Crippen LogP) is 4.08. The first-order valence-electron chi connectivity index (χ1n) is 9.86. The zero-order valence-electron chi connectivity index (χ0n) is 16.8. The van der Waals surface area contributed by atoms with Gasteiger partial charge in [0.05, 0.1) is 0 Å². The Hall–Kier alpha value is -2.71. The number of benzene rings is 2. The Kier molecular flexibility index (Phi) is 6.44. The van der Waals surface area contributed by atoms with Gasteiger partial charge in [-0.3, -0.25) is 9.36 Å². The molecule has 0 N–H and O–H groups in total. The lowest BCUT2D eigenvalue weighted by Crippen LogP contribution is -2.27. The number of ether oxygens (including phenoxy) is 1. The van der Waals surface area contributed by atoms with Crippen molar-refractivity contribution in [1.29, 1.82) is 0 Å². The molecule has 0 aliphatic carbocycles. The highest BCUT2D eigenvalue weighted by atomic mass is 32.2. The average molecular weight is 427 g/mol. The number of likely N-dealkylation sites (tertiary alicyclic amines) is 1. The normalized spacial score (nSPS) is 13.7. The van der Waals surface area contributed by atoms with Crippen LogP contribution in [0.1, 0.15) is 34.6 Å². The van der Waals surface area contributed by atoms with Gasteiger partial charge < -0.3 is 9.64 Å². The largest absolute Gasteiger partial charge is 0.377 e. The molecule has 2 aromatic carbocycles. The number of hydrogen-bond acceptors (Lipinski definition) is 5. The quantitative estimate of drug-likeness (QED) is 0.533. The number of hydrogen-bond donors (Lipinski definition) is 0. The minimum absolute atomic E-state index is 0.104. The van der Waals surface area contributed by atoms with Crippen molar-refractivity contribution < 1.29 is 13.9 Å². The Morgan fingerprint density at radius 3 is 2.43 bits per heavy atom. The van der Waals surface area contributed by atoms with Crippen LogP contribution in [-0.4, -0.2) is 45.8 Å². The molecule has 1 saturated heterocycles. The van der Waals surface area contributed by atoms with Crippen molar-refractivity contribution in [3.8, 4) is 5.69 Å². The van der Waals surface area contributed by atoms with Crippen molar-refractivity contribution in [2.75, 3.05) is 20.2 Å². The van der Waals surface area contributed by atoms with Gasteiger partial charge in [0, 0.05) is 37.2 Å². The van der Waals surface area contributed by atoms with E-state index >= 15 is 0 Å². The second-order valence-electron chi connectivity index (χ2n) is 7.13. The number of amides is 1. The first-order chi connectivity index (χ1) is 14.7. The Bertz CT molecular complexity index is 999. The van der Waals surface area contributed by atoms with E-state index in [2.05, 4.69) is 10.2 Å². The van der Waals surface area contributed by atoms with E-state index in [0.29, 0.717) is 23.3 Å². The molecule has 0 radical (unpaired) electrons. The van der Waals surface area contributed by atoms with E-state index in [1.807, 2.05) is 33.7 Å². The molecule has 0 saturated carbocycles. The second kappa shape index (κ2) is 9.40. The summed E-state index contributed by atoms with van der Waals surface area (Å²) in [5.41, 5.74) is 2.59. The van der Waals surface area contributed by atoms with Crippen molar-refractivity contribution in [1.82, 2.24) is 19.7 Å². The van der Waals surface area contributed by atoms with Gasteiger partial charge in [-0.1, -0.05) is 23.9 Å². The third kappa shape index (κ3) is 4.55. The summed E-state index contributed by atoms with van der Waals surface area (Å²) < 4.78 is 20.4. The lowest BCUT2D eigenvalue weighted by molar-refractivity contribution is 0.0793. The molecule has 2 heterocycles. The van der Waals surface area contributed by atoms with Gasteiger partial charge in [-0.15, -0.1) is 10.2 Å². The molecule has 0 spiro atoms. The fourth-order valence-electron chi connectivity index (χ4n) is 3.46. The molecule has 1 fully saturated rings. The van der Waals surface area contributed by atoms with Crippen LogP contribution in [-0.2, 0) is 17.1 Å². The summed E-state index contributed by atoms with van der Waals surface area (Å²) in [7, 11) is 1.60. The highest BCUT2D eigenvalue weighted by Crippen LogP contribution is 2.26. The van der Waals surface area contributed by atoms with Crippen molar-refractivity contribution in [3.63, 3.8) is 0 Å². The maximum absolute atomic E-state index is 13.3. The predicted molar refractivity (Wildman–Crippen MR) is 113 cm³/mol. The molecule has 0 atom stereocenters. The fourth-order valence-corrected chi connectivity index (χ4v) is 4.39. The van der Waals surface area contributed by atoms with Gasteiger partial charge >= 0.3 is 0 Å². The topological polar surface area (TPSA) is 60.3 Å². The summed E-state index contributed by atoms with van der Waals surface area (Å²) in [5, 5.41) is 9.21. The standard InChI is InChI=1S/C22H23FN4O2S/c1-29-14-20-24-25-22(27(20)19-10-8-18(23)9-11-19)30-15-16-4-6-17(7-5-16)21(28)26-12-2-3-13-26/h4-11H,2-3,12-15H2,1H3. The Morgan fingerprint density at radius 1 is 1.07 bits per heavy atom. The van der Waals surface area contributed by atoms with Crippen molar-refractivity contribution in [3.05, 3.63) is 71.3 Å². The number of aromatic nitrogens is 3. The van der Waals surface area contributed by atoms with Crippen molar-refractivity contribution >= 4 is 17.7 Å². The van der Waals surface area contributed by atoms with Crippen LogP contribution in [0.3, 0.4) is 0 Å². The maximum Gasteiger partial charge on any atom is 0.253 e. The monoisotopic (exact) mass is 426 g/mol. The Morgan fingerprint density at radius 2 is 1.77 bits per heavy atom. The molecule has 3 aromatic rings. The van der Waals surface area contributed by atoms with Crippen molar-refractivity contribution in [2.45, 2.75) is 30.4 Å². The molecule has 1 aromatic heterocycles. The summed E-state index contributed by atoms with van der Waals surface area (Å²) in [6.45, 7) is 2.00. The van der Waals surface area contributed by atoms with Crippen LogP contribution >= 0.6 is 11.8 Å². The third-order valence-corrected chi connectivity index (χ3v) is 6.02. The van der Waals surface area contributed by atoms with Crippen LogP contribution in [0.15, 0.2) is 53.7 Å². The highest BCUT2D eigenvalue weighted by Gasteiger charge is 2.19. The van der Waals surface area contributed by atoms with Gasteiger partial charge in [0.2, 0.25) is 0 Å². The fraction of sp³-hybridized carbons (Fsp3) is 0.318. The van der Waals surface area contributed by atoms with Crippen LogP contribution in [0, 0.1) is 5.82 Å². The highest BCUT2D eigenvalue weighted by molar-refractivity contribution is 7.98. The summed E-state index contributed by atoms with van der Waals surface area (Å²) in [6.07, 6.45) is 2.17. The summed E-state index contributed by atoms with van der Waals surface area (Å²) in [5.74, 6) is 1.13. The lowest BCUT2D eigenvalue weighted by Gasteiger charge is -2.15. The van der Waals surface area contributed by atoms with E-state index in [1.165, 1.54) is 23.9 Å². The molecule has 1 aliphatic rings. The number of thioether (sulfide) groups is 1. The molecule has 1 amide bonds. The zero-order chi connectivity index (χ0) is 20.9. The molecule has 8 heteroatoms. The van der Waals surface area contributed by atoms with Crippen molar-refractivity contribution in [2.24, 2.45) is 0 Å². The van der Waals surface area contributed by atoms with Gasteiger partial charge in [-0.05, 0) is 54.8 Å². The van der Waals surface area contributed by atoms with E-state index in [9.17, 15) is 9.18 Å². The molecule has 156 valence electrons. The molecule has 0 unspecified atom stereocenters. The SMILES string of the molecule is COCc1nnc(SCc2ccc(C(=O)N3CCCC3)cc2)n1-c1ccc(F)cc1. The van der Waals surface area contributed by atoms with E-state index in [4.69, 9.17) is 4.74 Å². The van der Waals surface area contributed by atoms with Gasteiger partial charge in [-0.25, -0.2) is 4.39 Å². The van der Waals surface area contributed by atoms with Crippen LogP contribution < -0.4 is 0 Å². The minimum atomic E-state index is -0.294. The first-order valence-corrected chi connectivity index (χ1v) is 10.8. The molecule has 4 rings (SSSR count). The van der Waals surface area contributed by atoms with E-state index in [-0.39, 0.29) is 11.7 Å². The number of carbonyl (C=O) groups is 1. The number of carbonyl (C=O) groups excluding carboxylic acids is 1. The smallest absolute Gasteiger partial charge is 0.253 e. The number of methoxy groups -OCH3 is 1. The number of nitrogens with zero attached hydrogens (tertiary/aromatic N) is 4. The molecular formula is C22H23FN4O2S.